The molecule has 0 N–H and O–H groups in total. The summed E-state index contributed by atoms with van der Waals surface area (Å²) in [4.78, 5) is 21.0. The Labute approximate surface area is 102 Å². The monoisotopic (exact) mass is 233 g/mol. The van der Waals surface area contributed by atoms with Crippen LogP contribution in [0.4, 0.5) is 5.95 Å². The van der Waals surface area contributed by atoms with Crippen LogP contribution in [0, 0.1) is 5.92 Å². The zero-order valence-corrected chi connectivity index (χ0v) is 10.3. The van der Waals surface area contributed by atoms with Crippen molar-refractivity contribution in [2.24, 2.45) is 5.92 Å². The molecule has 0 unspecified atom stereocenters. The highest BCUT2D eigenvalue weighted by molar-refractivity contribution is 5.73. The van der Waals surface area contributed by atoms with Crippen LogP contribution in [0.25, 0.3) is 0 Å². The van der Waals surface area contributed by atoms with Gasteiger partial charge in [-0.2, -0.15) is 0 Å². The first kappa shape index (κ1) is 12.0. The second kappa shape index (κ2) is 5.75. The van der Waals surface area contributed by atoms with Gasteiger partial charge in [0.25, 0.3) is 0 Å². The number of carbonyl (C=O) groups is 1. The lowest BCUT2D eigenvalue weighted by Gasteiger charge is -2.26. The van der Waals surface area contributed by atoms with Crippen molar-refractivity contribution in [3.05, 3.63) is 18.0 Å². The summed E-state index contributed by atoms with van der Waals surface area (Å²) < 4.78 is 0. The molecular weight excluding hydrogens is 214 g/mol. The summed E-state index contributed by atoms with van der Waals surface area (Å²) in [6, 6.07) is 0. The summed E-state index contributed by atoms with van der Waals surface area (Å²) in [5.74, 6) is 1.48. The Morgan fingerprint density at radius 3 is 2.53 bits per heavy atom. The molecule has 0 radical (unpaired) electrons. The van der Waals surface area contributed by atoms with Crippen molar-refractivity contribution in [1.29, 1.82) is 0 Å². The summed E-state index contributed by atoms with van der Waals surface area (Å²) in [7, 11) is 2.02. The highest BCUT2D eigenvalue weighted by atomic mass is 16.1. The van der Waals surface area contributed by atoms with Crippen LogP contribution in [-0.4, -0.2) is 29.8 Å². The molecule has 0 bridgehead atoms. The minimum atomic E-state index is 0.528. The Hall–Kier alpha value is -1.45. The van der Waals surface area contributed by atoms with Crippen LogP contribution in [0.5, 0.6) is 0 Å². The number of anilines is 1. The van der Waals surface area contributed by atoms with Crippen LogP contribution >= 0.6 is 0 Å². The molecule has 4 heteroatoms. The van der Waals surface area contributed by atoms with Gasteiger partial charge in [-0.15, -0.1) is 0 Å². The smallest absolute Gasteiger partial charge is 0.225 e. The number of carbonyl (C=O) groups excluding carboxylic acids is 1. The Morgan fingerprint density at radius 1 is 1.29 bits per heavy atom. The lowest BCUT2D eigenvalue weighted by molar-refractivity contribution is 0.112. The molecule has 0 saturated heterocycles. The molecule has 17 heavy (non-hydrogen) atoms. The first-order valence-corrected chi connectivity index (χ1v) is 6.28. The van der Waals surface area contributed by atoms with Crippen LogP contribution in [0.15, 0.2) is 12.4 Å². The van der Waals surface area contributed by atoms with E-state index in [0.29, 0.717) is 11.5 Å². The van der Waals surface area contributed by atoms with Gasteiger partial charge >= 0.3 is 0 Å². The van der Waals surface area contributed by atoms with Crippen molar-refractivity contribution in [1.82, 2.24) is 9.97 Å². The van der Waals surface area contributed by atoms with Crippen LogP contribution in [-0.2, 0) is 0 Å². The number of nitrogens with zero attached hydrogens (tertiary/aromatic N) is 3. The predicted octanol–water partition coefficient (Wildman–Crippen LogP) is 2.31. The van der Waals surface area contributed by atoms with Crippen molar-refractivity contribution in [3.63, 3.8) is 0 Å². The van der Waals surface area contributed by atoms with Crippen molar-refractivity contribution in [2.45, 2.75) is 32.1 Å². The summed E-state index contributed by atoms with van der Waals surface area (Å²) >= 11 is 0. The van der Waals surface area contributed by atoms with Gasteiger partial charge in [0.05, 0.1) is 5.56 Å². The van der Waals surface area contributed by atoms with E-state index in [4.69, 9.17) is 0 Å². The highest BCUT2D eigenvalue weighted by Gasteiger charge is 2.16. The molecule has 0 aromatic carbocycles. The van der Waals surface area contributed by atoms with Gasteiger partial charge in [0, 0.05) is 26.0 Å². The number of rotatable bonds is 4. The molecule has 0 atom stereocenters. The number of aromatic nitrogens is 2. The summed E-state index contributed by atoms with van der Waals surface area (Å²) in [6.45, 7) is 1.01. The average molecular weight is 233 g/mol. The first-order chi connectivity index (χ1) is 8.29. The zero-order chi connectivity index (χ0) is 12.1. The maximum absolute atomic E-state index is 10.5. The summed E-state index contributed by atoms with van der Waals surface area (Å²) in [5.41, 5.74) is 0.528. The maximum Gasteiger partial charge on any atom is 0.225 e. The topological polar surface area (TPSA) is 46.1 Å². The van der Waals surface area contributed by atoms with Crippen LogP contribution in [0.1, 0.15) is 42.5 Å². The van der Waals surface area contributed by atoms with Crippen molar-refractivity contribution >= 4 is 12.2 Å². The molecule has 1 heterocycles. The van der Waals surface area contributed by atoms with Crippen molar-refractivity contribution < 1.29 is 4.79 Å². The van der Waals surface area contributed by atoms with Gasteiger partial charge < -0.3 is 4.90 Å². The number of hydrogen-bond donors (Lipinski definition) is 0. The standard InChI is InChI=1S/C13H19N3O/c1-16(9-11-5-3-2-4-6-11)13-14-7-12(10-17)8-15-13/h7-8,10-11H,2-6,9H2,1H3. The third kappa shape index (κ3) is 3.25. The van der Waals surface area contributed by atoms with Gasteiger partial charge in [0.1, 0.15) is 0 Å². The zero-order valence-electron chi connectivity index (χ0n) is 10.3. The lowest BCUT2D eigenvalue weighted by atomic mass is 9.89. The molecule has 92 valence electrons. The van der Waals surface area contributed by atoms with E-state index in [0.717, 1.165) is 18.7 Å². The van der Waals surface area contributed by atoms with E-state index in [9.17, 15) is 4.79 Å². The molecule has 1 aliphatic rings. The van der Waals surface area contributed by atoms with Crippen LogP contribution in [0.2, 0.25) is 0 Å². The van der Waals surface area contributed by atoms with Gasteiger partial charge in [0.2, 0.25) is 5.95 Å². The quantitative estimate of drug-likeness (QED) is 0.749. The average Bonchev–Trinajstić information content (AvgIpc) is 2.40. The molecule has 0 aliphatic heterocycles. The van der Waals surface area contributed by atoms with E-state index in [1.807, 2.05) is 7.05 Å². The van der Waals surface area contributed by atoms with Gasteiger partial charge in [0.15, 0.2) is 6.29 Å². The molecule has 1 aliphatic carbocycles. The van der Waals surface area contributed by atoms with E-state index < -0.39 is 0 Å². The molecule has 0 amide bonds. The molecule has 1 saturated carbocycles. The Balaban J connectivity index is 1.93. The highest BCUT2D eigenvalue weighted by Crippen LogP contribution is 2.24. The van der Waals surface area contributed by atoms with E-state index in [2.05, 4.69) is 14.9 Å². The molecule has 1 aromatic rings. The van der Waals surface area contributed by atoms with Crippen molar-refractivity contribution in [2.75, 3.05) is 18.5 Å². The summed E-state index contributed by atoms with van der Waals surface area (Å²) in [5, 5.41) is 0. The first-order valence-electron chi connectivity index (χ1n) is 6.28. The minimum Gasteiger partial charge on any atom is -0.344 e. The molecule has 2 rings (SSSR count). The van der Waals surface area contributed by atoms with Gasteiger partial charge in [-0.3, -0.25) is 4.79 Å². The molecular formula is C13H19N3O. The number of hydrogen-bond acceptors (Lipinski definition) is 4. The van der Waals surface area contributed by atoms with Gasteiger partial charge in [-0.05, 0) is 18.8 Å². The Kier molecular flexibility index (Phi) is 4.07. The lowest BCUT2D eigenvalue weighted by Crippen LogP contribution is -2.28. The van der Waals surface area contributed by atoms with E-state index in [1.165, 1.54) is 32.1 Å². The Morgan fingerprint density at radius 2 is 1.94 bits per heavy atom. The summed E-state index contributed by atoms with van der Waals surface area (Å²) in [6.07, 6.45) is 10.6. The Bertz CT molecular complexity index is 357. The molecule has 1 aromatic heterocycles. The predicted molar refractivity (Wildman–Crippen MR) is 67.3 cm³/mol. The molecule has 0 spiro atoms. The maximum atomic E-state index is 10.5. The second-order valence-corrected chi connectivity index (χ2v) is 4.82. The third-order valence-corrected chi connectivity index (χ3v) is 3.39. The SMILES string of the molecule is CN(CC1CCCCC1)c1ncc(C=O)cn1. The van der Waals surface area contributed by atoms with Gasteiger partial charge in [-0.1, -0.05) is 19.3 Å². The second-order valence-electron chi connectivity index (χ2n) is 4.82. The fourth-order valence-electron chi connectivity index (χ4n) is 2.43. The molecule has 4 nitrogen and oxygen atoms in total. The number of aldehydes is 1. The van der Waals surface area contributed by atoms with Crippen molar-refractivity contribution in [3.8, 4) is 0 Å². The fourth-order valence-corrected chi connectivity index (χ4v) is 2.43. The molecule has 1 fully saturated rings. The van der Waals surface area contributed by atoms with E-state index in [1.54, 1.807) is 12.4 Å². The third-order valence-electron chi connectivity index (χ3n) is 3.39. The van der Waals surface area contributed by atoms with E-state index >= 15 is 0 Å². The fraction of sp³-hybridized carbons (Fsp3) is 0.615. The normalized spacial score (nSPS) is 16.8. The van der Waals surface area contributed by atoms with E-state index in [-0.39, 0.29) is 0 Å². The van der Waals surface area contributed by atoms with Crippen LogP contribution < -0.4 is 4.90 Å². The largest absolute Gasteiger partial charge is 0.344 e. The van der Waals surface area contributed by atoms with Crippen LogP contribution in [0.3, 0.4) is 0 Å². The van der Waals surface area contributed by atoms with Gasteiger partial charge in [-0.25, -0.2) is 9.97 Å². The minimum absolute atomic E-state index is 0.528.